The summed E-state index contributed by atoms with van der Waals surface area (Å²) in [5.74, 6) is -1.14. The summed E-state index contributed by atoms with van der Waals surface area (Å²) in [4.78, 5) is 39.1. The summed E-state index contributed by atoms with van der Waals surface area (Å²) >= 11 is 0. The van der Waals surface area contributed by atoms with E-state index >= 15 is 0 Å². The molecule has 1 aromatic rings. The van der Waals surface area contributed by atoms with Gasteiger partial charge in [-0.15, -0.1) is 0 Å². The number of ketones is 1. The van der Waals surface area contributed by atoms with Gasteiger partial charge in [-0.1, -0.05) is 5.16 Å². The second-order valence-corrected chi connectivity index (χ2v) is 5.65. The number of urea groups is 1. The van der Waals surface area contributed by atoms with E-state index in [-0.39, 0.29) is 23.9 Å². The Labute approximate surface area is 149 Å². The van der Waals surface area contributed by atoms with Crippen molar-refractivity contribution < 1.29 is 28.8 Å². The highest BCUT2D eigenvalue weighted by molar-refractivity contribution is 5.87. The number of Topliss-reactive ketones (excluding diaryl/α,β-unsaturated/α-hetero) is 1. The molecule has 0 aliphatic rings. The van der Waals surface area contributed by atoms with Crippen molar-refractivity contribution in [3.8, 4) is 0 Å². The molecule has 1 heterocycles. The topological polar surface area (TPSA) is 196 Å². The monoisotopic (exact) mass is 372 g/mol. The lowest BCUT2D eigenvalue weighted by Crippen LogP contribution is -2.51. The number of ether oxygens (including phenoxy) is 1. The van der Waals surface area contributed by atoms with Crippen LogP contribution in [0.4, 0.5) is 4.79 Å². The Morgan fingerprint density at radius 3 is 2.50 bits per heavy atom. The molecule has 0 radical (unpaired) electrons. The zero-order valence-corrected chi connectivity index (χ0v) is 14.8. The summed E-state index contributed by atoms with van der Waals surface area (Å²) in [6, 6.07) is -3.56. The maximum atomic E-state index is 12.2. The fourth-order valence-corrected chi connectivity index (χ4v) is 2.05. The van der Waals surface area contributed by atoms with Crippen LogP contribution in [0.3, 0.4) is 0 Å². The van der Waals surface area contributed by atoms with Crippen molar-refractivity contribution in [2.24, 2.45) is 11.5 Å². The molecule has 0 saturated carbocycles. The van der Waals surface area contributed by atoms with Crippen LogP contribution in [0, 0.1) is 0 Å². The number of aromatic nitrogens is 2. The Balaban J connectivity index is 2.90. The van der Waals surface area contributed by atoms with Crippen molar-refractivity contribution in [1.82, 2.24) is 20.8 Å². The zero-order chi connectivity index (χ0) is 19.9. The summed E-state index contributed by atoms with van der Waals surface area (Å²) < 4.78 is 10.0. The number of carbonyl (C=O) groups is 3. The Morgan fingerprint density at radius 2 is 2.00 bits per heavy atom. The average molecular weight is 372 g/mol. The normalized spacial score (nSPS) is 15.6. The highest BCUT2D eigenvalue weighted by Gasteiger charge is 2.28. The van der Waals surface area contributed by atoms with Crippen molar-refractivity contribution in [1.29, 1.82) is 0 Å². The smallest absolute Gasteiger partial charge is 0.316 e. The third-order valence-corrected chi connectivity index (χ3v) is 3.56. The molecule has 26 heavy (non-hydrogen) atoms. The molecule has 12 nitrogen and oxygen atoms in total. The van der Waals surface area contributed by atoms with Gasteiger partial charge in [-0.2, -0.15) is 4.98 Å². The standard InChI is InChI=1S/C14H24N6O6/c1-6(22)11(7(2)25-3)18-14(24)17-9(4-10(16)23)13-19-12(20-26-13)8(15)5-21/h7-9,11,21H,4-5,15H2,1-3H3,(H2,16,23)(H2,17,18,24)/t7?,8-,9-,11+/m0/s1. The van der Waals surface area contributed by atoms with Gasteiger partial charge >= 0.3 is 6.03 Å². The first-order valence-electron chi connectivity index (χ1n) is 7.78. The number of methoxy groups -OCH3 is 1. The molecule has 1 aromatic heterocycles. The first kappa shape index (κ1) is 21.5. The predicted molar refractivity (Wildman–Crippen MR) is 87.5 cm³/mol. The summed E-state index contributed by atoms with van der Waals surface area (Å²) in [7, 11) is 1.40. The van der Waals surface area contributed by atoms with Gasteiger partial charge in [-0.3, -0.25) is 9.59 Å². The fraction of sp³-hybridized carbons (Fsp3) is 0.643. The van der Waals surface area contributed by atoms with Crippen molar-refractivity contribution in [2.75, 3.05) is 13.7 Å². The van der Waals surface area contributed by atoms with Crippen LogP contribution < -0.4 is 22.1 Å². The maximum absolute atomic E-state index is 12.2. The molecular weight excluding hydrogens is 348 g/mol. The molecule has 0 aliphatic carbocycles. The van der Waals surface area contributed by atoms with Crippen LogP contribution in [0.25, 0.3) is 0 Å². The van der Waals surface area contributed by atoms with Crippen LogP contribution in [0.1, 0.15) is 44.1 Å². The third-order valence-electron chi connectivity index (χ3n) is 3.56. The molecule has 1 unspecified atom stereocenters. The molecule has 3 amide bonds. The average Bonchev–Trinajstić information content (AvgIpc) is 3.07. The summed E-state index contributed by atoms with van der Waals surface area (Å²) in [6.45, 7) is 2.51. The van der Waals surface area contributed by atoms with Gasteiger partial charge < -0.3 is 36.5 Å². The summed E-state index contributed by atoms with van der Waals surface area (Å²) in [6.07, 6.45) is -0.890. The molecule has 4 atom stereocenters. The van der Waals surface area contributed by atoms with E-state index in [1.54, 1.807) is 6.92 Å². The fourth-order valence-electron chi connectivity index (χ4n) is 2.05. The Bertz CT molecular complexity index is 635. The lowest BCUT2D eigenvalue weighted by atomic mass is 10.1. The number of nitrogens with two attached hydrogens (primary N) is 2. The minimum atomic E-state index is -1.04. The molecule has 0 aliphatic heterocycles. The lowest BCUT2D eigenvalue weighted by molar-refractivity contribution is -0.122. The van der Waals surface area contributed by atoms with Gasteiger partial charge in [0.05, 0.1) is 25.2 Å². The van der Waals surface area contributed by atoms with E-state index in [9.17, 15) is 14.4 Å². The molecular formula is C14H24N6O6. The van der Waals surface area contributed by atoms with Crippen LogP contribution in [0.2, 0.25) is 0 Å². The van der Waals surface area contributed by atoms with Gasteiger partial charge in [-0.25, -0.2) is 4.79 Å². The quantitative estimate of drug-likeness (QED) is 0.317. The summed E-state index contributed by atoms with van der Waals surface area (Å²) in [5, 5.41) is 17.5. The minimum absolute atomic E-state index is 0.00814. The number of carbonyl (C=O) groups excluding carboxylic acids is 3. The Kier molecular flexibility index (Phi) is 8.09. The van der Waals surface area contributed by atoms with Crippen LogP contribution in [0.5, 0.6) is 0 Å². The van der Waals surface area contributed by atoms with Crippen molar-refractivity contribution in [2.45, 2.75) is 44.5 Å². The second kappa shape index (κ2) is 9.79. The molecule has 0 saturated heterocycles. The number of nitrogens with zero attached hydrogens (tertiary/aromatic N) is 2. The van der Waals surface area contributed by atoms with Gasteiger partial charge in [0.2, 0.25) is 11.8 Å². The van der Waals surface area contributed by atoms with E-state index in [0.29, 0.717) is 0 Å². The van der Waals surface area contributed by atoms with Crippen molar-refractivity contribution in [3.05, 3.63) is 11.7 Å². The van der Waals surface area contributed by atoms with Gasteiger partial charge in [0.15, 0.2) is 11.6 Å². The third kappa shape index (κ3) is 6.06. The molecule has 0 aromatic carbocycles. The minimum Gasteiger partial charge on any atom is -0.394 e. The van der Waals surface area contributed by atoms with E-state index in [2.05, 4.69) is 20.8 Å². The number of aliphatic hydroxyl groups is 1. The van der Waals surface area contributed by atoms with Crippen molar-refractivity contribution >= 4 is 17.7 Å². The van der Waals surface area contributed by atoms with Crippen LogP contribution in [-0.2, 0) is 14.3 Å². The van der Waals surface area contributed by atoms with E-state index in [1.165, 1.54) is 14.0 Å². The molecule has 0 spiro atoms. The van der Waals surface area contributed by atoms with Crippen LogP contribution >= 0.6 is 0 Å². The second-order valence-electron chi connectivity index (χ2n) is 5.65. The first-order chi connectivity index (χ1) is 12.2. The maximum Gasteiger partial charge on any atom is 0.316 e. The lowest BCUT2D eigenvalue weighted by Gasteiger charge is -2.23. The molecule has 146 valence electrons. The molecule has 12 heteroatoms. The largest absolute Gasteiger partial charge is 0.394 e. The molecule has 7 N–H and O–H groups in total. The number of aliphatic hydroxyl groups excluding tert-OH is 1. The molecule has 0 fully saturated rings. The number of rotatable bonds is 10. The highest BCUT2D eigenvalue weighted by atomic mass is 16.5. The van der Waals surface area contributed by atoms with Crippen LogP contribution in [0.15, 0.2) is 4.52 Å². The zero-order valence-electron chi connectivity index (χ0n) is 14.8. The van der Waals surface area contributed by atoms with Crippen LogP contribution in [-0.4, -0.2) is 58.8 Å². The number of amides is 3. The number of hydrogen-bond acceptors (Lipinski definition) is 9. The molecule has 0 bridgehead atoms. The van der Waals surface area contributed by atoms with E-state index in [0.717, 1.165) is 0 Å². The Hall–Kier alpha value is -2.57. The van der Waals surface area contributed by atoms with Gasteiger partial charge in [0.25, 0.3) is 0 Å². The van der Waals surface area contributed by atoms with Gasteiger partial charge in [0.1, 0.15) is 12.1 Å². The number of hydrogen-bond donors (Lipinski definition) is 5. The van der Waals surface area contributed by atoms with Gasteiger partial charge in [0, 0.05) is 7.11 Å². The first-order valence-corrected chi connectivity index (χ1v) is 7.78. The summed E-state index contributed by atoms with van der Waals surface area (Å²) in [5.41, 5.74) is 10.8. The van der Waals surface area contributed by atoms with Gasteiger partial charge in [-0.05, 0) is 13.8 Å². The van der Waals surface area contributed by atoms with E-state index in [1.807, 2.05) is 0 Å². The molecule has 1 rings (SSSR count). The predicted octanol–water partition coefficient (Wildman–Crippen LogP) is -1.73. The Morgan fingerprint density at radius 1 is 1.35 bits per heavy atom. The number of nitrogens with one attached hydrogen (secondary N) is 2. The van der Waals surface area contributed by atoms with E-state index in [4.69, 9.17) is 25.8 Å². The van der Waals surface area contributed by atoms with E-state index < -0.39 is 42.8 Å². The van der Waals surface area contributed by atoms with Crippen molar-refractivity contribution in [3.63, 3.8) is 0 Å². The SMILES string of the molecule is COC(C)[C@H](NC(=O)N[C@@H](CC(N)=O)c1nc([C@@H](N)CO)no1)C(C)=O. The highest BCUT2D eigenvalue weighted by Crippen LogP contribution is 2.16. The number of primary amides is 1.